The van der Waals surface area contributed by atoms with Crippen molar-refractivity contribution in [3.05, 3.63) is 71.2 Å². The molecule has 2 aromatic carbocycles. The zero-order valence-electron chi connectivity index (χ0n) is 16.4. The van der Waals surface area contributed by atoms with E-state index >= 15 is 0 Å². The number of rotatable bonds is 8. The number of hydrogen-bond donors (Lipinski definition) is 3. The van der Waals surface area contributed by atoms with Crippen molar-refractivity contribution in [2.75, 3.05) is 20.2 Å². The van der Waals surface area contributed by atoms with Crippen molar-refractivity contribution in [2.24, 2.45) is 4.99 Å². The molecule has 0 atom stereocenters. The molecule has 6 heteroatoms. The molecule has 1 heterocycles. The van der Waals surface area contributed by atoms with Gasteiger partial charge in [0.1, 0.15) is 5.82 Å². The molecule has 0 radical (unpaired) electrons. The quantitative estimate of drug-likeness (QED) is 0.411. The molecule has 1 aromatic heterocycles. The van der Waals surface area contributed by atoms with Crippen LogP contribution in [-0.4, -0.2) is 31.1 Å². The molecule has 0 amide bonds. The van der Waals surface area contributed by atoms with E-state index < -0.39 is 0 Å². The van der Waals surface area contributed by atoms with Crippen LogP contribution in [0.3, 0.4) is 0 Å². The standard InChI is InChI=1S/C22H27FN4O/c1-3-24-22(27-13-16-6-4-5-7-18(16)15-28-2)25-11-10-17-14-26-21-12-19(23)8-9-20(17)21/h4-9,12,14,26H,3,10-11,13,15H2,1-2H3,(H2,24,25,27). The van der Waals surface area contributed by atoms with Gasteiger partial charge in [0.05, 0.1) is 13.2 Å². The second kappa shape index (κ2) is 9.90. The van der Waals surface area contributed by atoms with Gasteiger partial charge in [-0.15, -0.1) is 0 Å². The monoisotopic (exact) mass is 382 g/mol. The molecule has 0 fully saturated rings. The molecule has 0 saturated heterocycles. The van der Waals surface area contributed by atoms with E-state index in [2.05, 4.69) is 27.8 Å². The van der Waals surface area contributed by atoms with Crippen LogP contribution in [0.1, 0.15) is 23.6 Å². The molecule has 3 N–H and O–H groups in total. The van der Waals surface area contributed by atoms with Gasteiger partial charge < -0.3 is 20.4 Å². The van der Waals surface area contributed by atoms with Crippen molar-refractivity contribution in [1.29, 1.82) is 0 Å². The van der Waals surface area contributed by atoms with E-state index in [0.29, 0.717) is 13.2 Å². The lowest BCUT2D eigenvalue weighted by molar-refractivity contribution is 0.184. The lowest BCUT2D eigenvalue weighted by Crippen LogP contribution is -2.38. The van der Waals surface area contributed by atoms with E-state index in [-0.39, 0.29) is 5.82 Å². The molecule has 3 aromatic rings. The number of fused-ring (bicyclic) bond motifs is 1. The zero-order chi connectivity index (χ0) is 19.8. The summed E-state index contributed by atoms with van der Waals surface area (Å²) in [5.41, 5.74) is 4.28. The molecule has 0 aliphatic rings. The molecule has 3 rings (SSSR count). The van der Waals surface area contributed by atoms with Gasteiger partial charge in [0, 0.05) is 37.3 Å². The number of hydrogen-bond acceptors (Lipinski definition) is 2. The number of aromatic nitrogens is 1. The molecular weight excluding hydrogens is 355 g/mol. The summed E-state index contributed by atoms with van der Waals surface area (Å²) >= 11 is 0. The molecular formula is C22H27FN4O. The normalized spacial score (nSPS) is 11.8. The van der Waals surface area contributed by atoms with Crippen molar-refractivity contribution in [1.82, 2.24) is 15.6 Å². The summed E-state index contributed by atoms with van der Waals surface area (Å²) in [6.45, 7) is 4.73. The van der Waals surface area contributed by atoms with E-state index in [0.717, 1.165) is 53.1 Å². The Balaban J connectivity index is 1.62. The molecule has 148 valence electrons. The van der Waals surface area contributed by atoms with Crippen LogP contribution in [-0.2, 0) is 24.3 Å². The van der Waals surface area contributed by atoms with Crippen LogP contribution in [0.25, 0.3) is 10.9 Å². The van der Waals surface area contributed by atoms with Crippen LogP contribution in [0, 0.1) is 5.82 Å². The summed E-state index contributed by atoms with van der Waals surface area (Å²) in [5.74, 6) is 0.551. The fourth-order valence-electron chi connectivity index (χ4n) is 3.19. The number of nitrogens with zero attached hydrogens (tertiary/aromatic N) is 1. The number of benzene rings is 2. The third-order valence-electron chi connectivity index (χ3n) is 4.59. The first-order chi connectivity index (χ1) is 13.7. The van der Waals surface area contributed by atoms with Gasteiger partial charge in [0.2, 0.25) is 0 Å². The first kappa shape index (κ1) is 19.9. The lowest BCUT2D eigenvalue weighted by atomic mass is 10.1. The van der Waals surface area contributed by atoms with Gasteiger partial charge in [0.15, 0.2) is 5.96 Å². The third-order valence-corrected chi connectivity index (χ3v) is 4.59. The van der Waals surface area contributed by atoms with Crippen LogP contribution in [0.15, 0.2) is 53.7 Å². The maximum Gasteiger partial charge on any atom is 0.191 e. The largest absolute Gasteiger partial charge is 0.380 e. The van der Waals surface area contributed by atoms with Gasteiger partial charge in [-0.3, -0.25) is 0 Å². The molecule has 0 bridgehead atoms. The summed E-state index contributed by atoms with van der Waals surface area (Å²) in [4.78, 5) is 7.83. The smallest absolute Gasteiger partial charge is 0.191 e. The van der Waals surface area contributed by atoms with Crippen molar-refractivity contribution in [2.45, 2.75) is 26.5 Å². The zero-order valence-corrected chi connectivity index (χ0v) is 16.4. The first-order valence-electron chi connectivity index (χ1n) is 9.54. The number of nitrogens with one attached hydrogen (secondary N) is 3. The van der Waals surface area contributed by atoms with Gasteiger partial charge >= 0.3 is 0 Å². The number of ether oxygens (including phenoxy) is 1. The van der Waals surface area contributed by atoms with Gasteiger partial charge in [-0.1, -0.05) is 24.3 Å². The van der Waals surface area contributed by atoms with Crippen LogP contribution < -0.4 is 10.6 Å². The summed E-state index contributed by atoms with van der Waals surface area (Å²) in [5, 5.41) is 7.71. The Morgan fingerprint density at radius 3 is 2.71 bits per heavy atom. The van der Waals surface area contributed by atoms with E-state index in [4.69, 9.17) is 9.73 Å². The summed E-state index contributed by atoms with van der Waals surface area (Å²) < 4.78 is 18.6. The Labute approximate surface area is 165 Å². The molecule has 0 aliphatic carbocycles. The number of aromatic amines is 1. The van der Waals surface area contributed by atoms with Crippen LogP contribution in [0.4, 0.5) is 4.39 Å². The minimum absolute atomic E-state index is 0.227. The predicted molar refractivity (Wildman–Crippen MR) is 112 cm³/mol. The summed E-state index contributed by atoms with van der Waals surface area (Å²) in [7, 11) is 1.70. The molecule has 0 aliphatic heterocycles. The molecule has 5 nitrogen and oxygen atoms in total. The second-order valence-electron chi connectivity index (χ2n) is 6.58. The van der Waals surface area contributed by atoms with Gasteiger partial charge in [-0.05, 0) is 48.2 Å². The van der Waals surface area contributed by atoms with E-state index in [9.17, 15) is 4.39 Å². The SMILES string of the molecule is CCNC(=NCc1ccccc1COC)NCCc1c[nH]c2cc(F)ccc12. The van der Waals surface area contributed by atoms with Crippen LogP contribution >= 0.6 is 0 Å². The van der Waals surface area contributed by atoms with Crippen molar-refractivity contribution >= 4 is 16.9 Å². The molecule has 0 saturated carbocycles. The van der Waals surface area contributed by atoms with E-state index in [1.165, 1.54) is 12.1 Å². The summed E-state index contributed by atoms with van der Waals surface area (Å²) in [6.07, 6.45) is 2.76. The van der Waals surface area contributed by atoms with Crippen molar-refractivity contribution < 1.29 is 9.13 Å². The fourth-order valence-corrected chi connectivity index (χ4v) is 3.19. The summed E-state index contributed by atoms with van der Waals surface area (Å²) in [6, 6.07) is 13.0. The fraction of sp³-hybridized carbons (Fsp3) is 0.318. The average Bonchev–Trinajstić information content (AvgIpc) is 3.09. The highest BCUT2D eigenvalue weighted by atomic mass is 19.1. The number of H-pyrrole nitrogens is 1. The van der Waals surface area contributed by atoms with E-state index in [1.807, 2.05) is 31.3 Å². The minimum Gasteiger partial charge on any atom is -0.380 e. The number of halogens is 1. The number of guanidine groups is 1. The average molecular weight is 382 g/mol. The van der Waals surface area contributed by atoms with Crippen LogP contribution in [0.5, 0.6) is 0 Å². The van der Waals surface area contributed by atoms with Crippen molar-refractivity contribution in [3.8, 4) is 0 Å². The highest BCUT2D eigenvalue weighted by Gasteiger charge is 2.06. The topological polar surface area (TPSA) is 61.4 Å². The Bertz CT molecular complexity index is 935. The first-order valence-corrected chi connectivity index (χ1v) is 9.54. The number of aliphatic imine (C=N–C) groups is 1. The maximum absolute atomic E-state index is 13.3. The number of methoxy groups -OCH3 is 1. The predicted octanol–water partition coefficient (Wildman–Crippen LogP) is 3.75. The van der Waals surface area contributed by atoms with Gasteiger partial charge in [-0.2, -0.15) is 0 Å². The Morgan fingerprint density at radius 2 is 1.93 bits per heavy atom. The second-order valence-corrected chi connectivity index (χ2v) is 6.58. The minimum atomic E-state index is -0.227. The third kappa shape index (κ3) is 5.10. The van der Waals surface area contributed by atoms with Crippen molar-refractivity contribution in [3.63, 3.8) is 0 Å². The van der Waals surface area contributed by atoms with Crippen LogP contribution in [0.2, 0.25) is 0 Å². The van der Waals surface area contributed by atoms with E-state index in [1.54, 1.807) is 7.11 Å². The molecule has 0 spiro atoms. The Kier molecular flexibility index (Phi) is 7.03. The highest BCUT2D eigenvalue weighted by Crippen LogP contribution is 2.19. The Morgan fingerprint density at radius 1 is 1.11 bits per heavy atom. The molecule has 28 heavy (non-hydrogen) atoms. The maximum atomic E-state index is 13.3. The molecule has 0 unspecified atom stereocenters. The highest BCUT2D eigenvalue weighted by molar-refractivity contribution is 5.83. The lowest BCUT2D eigenvalue weighted by Gasteiger charge is -2.12. The Hall–Kier alpha value is -2.86. The van der Waals surface area contributed by atoms with Gasteiger partial charge in [-0.25, -0.2) is 9.38 Å². The van der Waals surface area contributed by atoms with Gasteiger partial charge in [0.25, 0.3) is 0 Å².